The van der Waals surface area contributed by atoms with E-state index in [4.69, 9.17) is 5.73 Å². The molecule has 0 saturated heterocycles. The van der Waals surface area contributed by atoms with Gasteiger partial charge >= 0.3 is 0 Å². The van der Waals surface area contributed by atoms with Crippen LogP contribution in [0, 0.1) is 11.8 Å². The highest BCUT2D eigenvalue weighted by atomic mass is 14.7. The SMILES string of the molecule is C[C@H](N)c1cncc(C#Cc2ccccc2)c1. The highest BCUT2D eigenvalue weighted by Crippen LogP contribution is 2.09. The minimum absolute atomic E-state index is 0.0130. The second-order valence-electron chi connectivity index (χ2n) is 3.91. The van der Waals surface area contributed by atoms with Crippen LogP contribution >= 0.6 is 0 Å². The summed E-state index contributed by atoms with van der Waals surface area (Å²) in [6.07, 6.45) is 3.53. The summed E-state index contributed by atoms with van der Waals surface area (Å²) in [6, 6.07) is 11.9. The molecule has 0 saturated carbocycles. The maximum Gasteiger partial charge on any atom is 0.0435 e. The predicted octanol–water partition coefficient (Wildman–Crippen LogP) is 2.50. The predicted molar refractivity (Wildman–Crippen MR) is 69.3 cm³/mol. The van der Waals surface area contributed by atoms with Gasteiger partial charge in [0.05, 0.1) is 0 Å². The maximum absolute atomic E-state index is 5.80. The summed E-state index contributed by atoms with van der Waals surface area (Å²) in [4.78, 5) is 4.14. The summed E-state index contributed by atoms with van der Waals surface area (Å²) in [6.45, 7) is 1.94. The number of hydrogen-bond donors (Lipinski definition) is 1. The van der Waals surface area contributed by atoms with Crippen LogP contribution in [0.25, 0.3) is 0 Å². The molecule has 0 aliphatic rings. The quantitative estimate of drug-likeness (QED) is 0.753. The summed E-state index contributed by atoms with van der Waals surface area (Å²) < 4.78 is 0. The molecule has 0 spiro atoms. The molecule has 17 heavy (non-hydrogen) atoms. The first-order chi connectivity index (χ1) is 8.25. The fourth-order valence-electron chi connectivity index (χ4n) is 1.44. The van der Waals surface area contributed by atoms with E-state index in [0.717, 1.165) is 16.7 Å². The molecule has 84 valence electrons. The van der Waals surface area contributed by atoms with Crippen LogP contribution in [-0.4, -0.2) is 4.98 Å². The Balaban J connectivity index is 2.25. The van der Waals surface area contributed by atoms with Crippen LogP contribution in [0.15, 0.2) is 48.8 Å². The van der Waals surface area contributed by atoms with Crippen molar-refractivity contribution in [1.82, 2.24) is 4.98 Å². The summed E-state index contributed by atoms with van der Waals surface area (Å²) in [5.41, 5.74) is 8.70. The Bertz CT molecular complexity index is 548. The first-order valence-corrected chi connectivity index (χ1v) is 5.53. The molecule has 0 aliphatic carbocycles. The third kappa shape index (κ3) is 3.17. The van der Waals surface area contributed by atoms with Gasteiger partial charge in [-0.05, 0) is 30.7 Å². The highest BCUT2D eigenvalue weighted by molar-refractivity contribution is 5.42. The molecule has 0 radical (unpaired) electrons. The monoisotopic (exact) mass is 222 g/mol. The van der Waals surface area contributed by atoms with Gasteiger partial charge in [-0.1, -0.05) is 30.0 Å². The van der Waals surface area contributed by atoms with Gasteiger partial charge in [-0.25, -0.2) is 0 Å². The van der Waals surface area contributed by atoms with Crippen LogP contribution in [0.3, 0.4) is 0 Å². The summed E-state index contributed by atoms with van der Waals surface area (Å²) >= 11 is 0. The van der Waals surface area contributed by atoms with Crippen molar-refractivity contribution in [3.63, 3.8) is 0 Å². The lowest BCUT2D eigenvalue weighted by Gasteiger charge is -2.03. The van der Waals surface area contributed by atoms with E-state index in [-0.39, 0.29) is 6.04 Å². The number of nitrogens with two attached hydrogens (primary N) is 1. The van der Waals surface area contributed by atoms with E-state index in [1.165, 1.54) is 0 Å². The molecule has 0 bridgehead atoms. The number of rotatable bonds is 1. The Morgan fingerprint density at radius 3 is 2.47 bits per heavy atom. The second kappa shape index (κ2) is 5.29. The topological polar surface area (TPSA) is 38.9 Å². The highest BCUT2D eigenvalue weighted by Gasteiger charge is 1.99. The molecule has 0 fully saturated rings. The molecule has 1 aromatic heterocycles. The Kier molecular flexibility index (Phi) is 3.54. The molecular formula is C15H14N2. The fraction of sp³-hybridized carbons (Fsp3) is 0.133. The van der Waals surface area contributed by atoms with Gasteiger partial charge in [0.2, 0.25) is 0 Å². The number of aromatic nitrogens is 1. The molecule has 0 amide bonds. The van der Waals surface area contributed by atoms with Gasteiger partial charge in [0, 0.05) is 29.6 Å². The van der Waals surface area contributed by atoms with Crippen molar-refractivity contribution >= 4 is 0 Å². The lowest BCUT2D eigenvalue weighted by atomic mass is 10.1. The zero-order chi connectivity index (χ0) is 12.1. The third-order valence-corrected chi connectivity index (χ3v) is 2.41. The van der Waals surface area contributed by atoms with Gasteiger partial charge in [0.25, 0.3) is 0 Å². The molecule has 2 nitrogen and oxygen atoms in total. The smallest absolute Gasteiger partial charge is 0.0435 e. The number of nitrogens with zero attached hydrogens (tertiary/aromatic N) is 1. The van der Waals surface area contributed by atoms with E-state index in [0.29, 0.717) is 0 Å². The van der Waals surface area contributed by atoms with Crippen molar-refractivity contribution in [2.45, 2.75) is 13.0 Å². The Morgan fingerprint density at radius 1 is 1.06 bits per heavy atom. The standard InChI is InChI=1S/C15H14N2/c1-12(16)15-9-14(10-17-11-15)8-7-13-5-3-2-4-6-13/h2-6,9-12H,16H2,1H3/t12-/m0/s1. The lowest BCUT2D eigenvalue weighted by molar-refractivity contribution is 0.811. The zero-order valence-electron chi connectivity index (χ0n) is 9.72. The molecule has 2 aromatic rings. The van der Waals surface area contributed by atoms with Crippen molar-refractivity contribution < 1.29 is 0 Å². The van der Waals surface area contributed by atoms with E-state index in [1.54, 1.807) is 12.4 Å². The van der Waals surface area contributed by atoms with E-state index >= 15 is 0 Å². The van der Waals surface area contributed by atoms with E-state index < -0.39 is 0 Å². The van der Waals surface area contributed by atoms with Crippen molar-refractivity contribution in [1.29, 1.82) is 0 Å². The minimum atomic E-state index is -0.0130. The van der Waals surface area contributed by atoms with Gasteiger partial charge in [0.1, 0.15) is 0 Å². The van der Waals surface area contributed by atoms with Gasteiger partial charge in [0.15, 0.2) is 0 Å². The largest absolute Gasteiger partial charge is 0.324 e. The van der Waals surface area contributed by atoms with Gasteiger partial charge < -0.3 is 5.73 Å². The summed E-state index contributed by atoms with van der Waals surface area (Å²) in [5.74, 6) is 6.18. The summed E-state index contributed by atoms with van der Waals surface area (Å²) in [5, 5.41) is 0. The number of hydrogen-bond acceptors (Lipinski definition) is 2. The number of benzene rings is 1. The van der Waals surface area contributed by atoms with Crippen LogP contribution in [0.4, 0.5) is 0 Å². The van der Waals surface area contributed by atoms with Crippen LogP contribution in [0.2, 0.25) is 0 Å². The second-order valence-corrected chi connectivity index (χ2v) is 3.91. The Morgan fingerprint density at radius 2 is 1.76 bits per heavy atom. The van der Waals surface area contributed by atoms with Crippen molar-refractivity contribution in [2.75, 3.05) is 0 Å². The van der Waals surface area contributed by atoms with E-state index in [2.05, 4.69) is 16.8 Å². The van der Waals surface area contributed by atoms with E-state index in [1.807, 2.05) is 43.3 Å². The minimum Gasteiger partial charge on any atom is -0.324 e. The average molecular weight is 222 g/mol. The normalized spacial score (nSPS) is 11.4. The first kappa shape index (κ1) is 11.4. The van der Waals surface area contributed by atoms with Crippen LogP contribution in [0.1, 0.15) is 29.7 Å². The molecule has 1 heterocycles. The third-order valence-electron chi connectivity index (χ3n) is 2.41. The molecule has 0 unspecified atom stereocenters. The molecular weight excluding hydrogens is 208 g/mol. The van der Waals surface area contributed by atoms with Crippen molar-refractivity contribution in [2.24, 2.45) is 5.73 Å². The van der Waals surface area contributed by atoms with Crippen LogP contribution in [0.5, 0.6) is 0 Å². The summed E-state index contributed by atoms with van der Waals surface area (Å²) in [7, 11) is 0. The van der Waals surface area contributed by atoms with Gasteiger partial charge in [-0.2, -0.15) is 0 Å². The van der Waals surface area contributed by atoms with E-state index in [9.17, 15) is 0 Å². The van der Waals surface area contributed by atoms with Crippen molar-refractivity contribution in [3.05, 3.63) is 65.5 Å². The molecule has 1 atom stereocenters. The molecule has 2 heteroatoms. The van der Waals surface area contributed by atoms with Gasteiger partial charge in [-0.15, -0.1) is 0 Å². The van der Waals surface area contributed by atoms with Crippen molar-refractivity contribution in [3.8, 4) is 11.8 Å². The maximum atomic E-state index is 5.80. The fourth-order valence-corrected chi connectivity index (χ4v) is 1.44. The van der Waals surface area contributed by atoms with Crippen LogP contribution in [-0.2, 0) is 0 Å². The zero-order valence-corrected chi connectivity index (χ0v) is 9.72. The molecule has 2 rings (SSSR count). The lowest BCUT2D eigenvalue weighted by Crippen LogP contribution is -2.05. The average Bonchev–Trinajstić information content (AvgIpc) is 2.38. The molecule has 1 aromatic carbocycles. The molecule has 0 aliphatic heterocycles. The Hall–Kier alpha value is -2.11. The van der Waals surface area contributed by atoms with Crippen LogP contribution < -0.4 is 5.73 Å². The number of pyridine rings is 1. The first-order valence-electron chi connectivity index (χ1n) is 5.53. The Labute approximate surface area is 102 Å². The molecule has 2 N–H and O–H groups in total. The van der Waals surface area contributed by atoms with Gasteiger partial charge in [-0.3, -0.25) is 4.98 Å².